The van der Waals surface area contributed by atoms with Gasteiger partial charge in [0.1, 0.15) is 0 Å². The van der Waals surface area contributed by atoms with Crippen LogP contribution >= 0.6 is 0 Å². The molecule has 0 saturated heterocycles. The zero-order chi connectivity index (χ0) is 15.8. The minimum absolute atomic E-state index is 0.194. The quantitative estimate of drug-likeness (QED) is 0.785. The number of nitrogens with one attached hydrogen (secondary N) is 2. The van der Waals surface area contributed by atoms with Gasteiger partial charge in [-0.05, 0) is 32.7 Å². The standard InChI is InChI=1S/C17H31N3O2/c1-20(15-11-7-2-3-8-12-15)13-16(21)19-17(22)18-14-9-5-4-6-10-14/h14-15H,2-13H2,1H3,(H2,18,19,21,22). The van der Waals surface area contributed by atoms with Crippen molar-refractivity contribution in [2.75, 3.05) is 13.6 Å². The molecule has 2 N–H and O–H groups in total. The Morgan fingerprint density at radius 2 is 1.45 bits per heavy atom. The van der Waals surface area contributed by atoms with Gasteiger partial charge in [0.15, 0.2) is 0 Å². The van der Waals surface area contributed by atoms with Crippen LogP contribution in [0.1, 0.15) is 70.6 Å². The van der Waals surface area contributed by atoms with Crippen molar-refractivity contribution in [3.05, 3.63) is 0 Å². The van der Waals surface area contributed by atoms with Gasteiger partial charge in [0.2, 0.25) is 5.91 Å². The first kappa shape index (κ1) is 17.3. The predicted octanol–water partition coefficient (Wildman–Crippen LogP) is 2.80. The Hall–Kier alpha value is -1.10. The molecular weight excluding hydrogens is 278 g/mol. The van der Waals surface area contributed by atoms with Gasteiger partial charge in [0, 0.05) is 12.1 Å². The van der Waals surface area contributed by atoms with Crippen molar-refractivity contribution >= 4 is 11.9 Å². The first-order valence-corrected chi connectivity index (χ1v) is 8.96. The van der Waals surface area contributed by atoms with Crippen LogP contribution < -0.4 is 10.6 Å². The van der Waals surface area contributed by atoms with Crippen LogP contribution in [0.2, 0.25) is 0 Å². The summed E-state index contributed by atoms with van der Waals surface area (Å²) in [5.74, 6) is -0.194. The fourth-order valence-corrected chi connectivity index (χ4v) is 3.69. The maximum atomic E-state index is 12.0. The fraction of sp³-hybridized carbons (Fsp3) is 0.882. The van der Waals surface area contributed by atoms with E-state index in [1.807, 2.05) is 7.05 Å². The number of urea groups is 1. The third-order valence-corrected chi connectivity index (χ3v) is 5.03. The van der Waals surface area contributed by atoms with Crippen molar-refractivity contribution in [2.24, 2.45) is 0 Å². The third kappa shape index (κ3) is 5.95. The predicted molar refractivity (Wildman–Crippen MR) is 87.7 cm³/mol. The maximum absolute atomic E-state index is 12.0. The molecule has 5 nitrogen and oxygen atoms in total. The van der Waals surface area contributed by atoms with E-state index in [1.54, 1.807) is 0 Å². The van der Waals surface area contributed by atoms with Crippen LogP contribution in [-0.4, -0.2) is 42.5 Å². The normalized spacial score (nSPS) is 21.4. The summed E-state index contributed by atoms with van der Waals surface area (Å²) in [6.45, 7) is 0.308. The van der Waals surface area contributed by atoms with Gasteiger partial charge in [-0.2, -0.15) is 0 Å². The molecule has 0 aliphatic heterocycles. The van der Waals surface area contributed by atoms with Crippen LogP contribution in [0.4, 0.5) is 4.79 Å². The van der Waals surface area contributed by atoms with Crippen molar-refractivity contribution in [3.63, 3.8) is 0 Å². The molecule has 2 fully saturated rings. The summed E-state index contributed by atoms with van der Waals surface area (Å²) in [7, 11) is 1.99. The zero-order valence-corrected chi connectivity index (χ0v) is 13.9. The lowest BCUT2D eigenvalue weighted by Gasteiger charge is -2.26. The van der Waals surface area contributed by atoms with Crippen LogP contribution in [0.25, 0.3) is 0 Å². The molecule has 2 saturated carbocycles. The molecule has 22 heavy (non-hydrogen) atoms. The molecule has 0 unspecified atom stereocenters. The average Bonchev–Trinajstić information content (AvgIpc) is 2.77. The van der Waals surface area contributed by atoms with E-state index >= 15 is 0 Å². The van der Waals surface area contributed by atoms with Gasteiger partial charge in [0.05, 0.1) is 6.54 Å². The first-order chi connectivity index (χ1) is 10.6. The highest BCUT2D eigenvalue weighted by Gasteiger charge is 2.21. The van der Waals surface area contributed by atoms with Crippen molar-refractivity contribution in [1.82, 2.24) is 15.5 Å². The van der Waals surface area contributed by atoms with E-state index in [2.05, 4.69) is 15.5 Å². The molecule has 0 aromatic heterocycles. The highest BCUT2D eigenvalue weighted by Crippen LogP contribution is 2.20. The summed E-state index contributed by atoms with van der Waals surface area (Å²) in [5, 5.41) is 5.41. The molecule has 2 aliphatic rings. The molecule has 126 valence electrons. The number of imide groups is 1. The van der Waals surface area contributed by atoms with Gasteiger partial charge in [-0.15, -0.1) is 0 Å². The van der Waals surface area contributed by atoms with Gasteiger partial charge in [-0.25, -0.2) is 4.79 Å². The second kappa shape index (κ2) is 9.13. The molecule has 0 heterocycles. The Labute approximate surface area is 134 Å². The molecule has 0 aromatic carbocycles. The number of rotatable bonds is 4. The molecule has 0 bridgehead atoms. The first-order valence-electron chi connectivity index (χ1n) is 8.96. The van der Waals surface area contributed by atoms with Crippen molar-refractivity contribution in [3.8, 4) is 0 Å². The Morgan fingerprint density at radius 1 is 0.909 bits per heavy atom. The number of carbonyl (C=O) groups is 2. The molecule has 0 spiro atoms. The van der Waals surface area contributed by atoms with Gasteiger partial charge < -0.3 is 5.32 Å². The molecule has 3 amide bonds. The Bertz CT molecular complexity index is 359. The molecule has 2 rings (SSSR count). The van der Waals surface area contributed by atoms with Crippen molar-refractivity contribution < 1.29 is 9.59 Å². The highest BCUT2D eigenvalue weighted by atomic mass is 16.2. The molecule has 0 aromatic rings. The fourth-order valence-electron chi connectivity index (χ4n) is 3.69. The summed E-state index contributed by atoms with van der Waals surface area (Å²) >= 11 is 0. The largest absolute Gasteiger partial charge is 0.335 e. The Morgan fingerprint density at radius 3 is 2.09 bits per heavy atom. The van der Waals surface area contributed by atoms with Crippen molar-refractivity contribution in [2.45, 2.75) is 82.7 Å². The summed E-state index contributed by atoms with van der Waals surface area (Å²) in [6.07, 6.45) is 13.1. The number of amides is 3. The molecule has 5 heteroatoms. The number of nitrogens with zero attached hydrogens (tertiary/aromatic N) is 1. The lowest BCUT2D eigenvalue weighted by Crippen LogP contribution is -2.48. The zero-order valence-electron chi connectivity index (χ0n) is 13.9. The third-order valence-electron chi connectivity index (χ3n) is 5.03. The molecular formula is C17H31N3O2. The van der Waals surface area contributed by atoms with E-state index in [4.69, 9.17) is 0 Å². The summed E-state index contributed by atoms with van der Waals surface area (Å²) < 4.78 is 0. The van der Waals surface area contributed by atoms with Crippen LogP contribution in [0, 0.1) is 0 Å². The summed E-state index contributed by atoms with van der Waals surface area (Å²) in [4.78, 5) is 26.0. The maximum Gasteiger partial charge on any atom is 0.321 e. The van der Waals surface area contributed by atoms with E-state index in [1.165, 1.54) is 44.9 Å². The van der Waals surface area contributed by atoms with Crippen LogP contribution in [0.3, 0.4) is 0 Å². The minimum Gasteiger partial charge on any atom is -0.335 e. The van der Waals surface area contributed by atoms with E-state index in [0.29, 0.717) is 12.6 Å². The number of hydrogen-bond acceptors (Lipinski definition) is 3. The lowest BCUT2D eigenvalue weighted by atomic mass is 9.96. The van der Waals surface area contributed by atoms with E-state index < -0.39 is 0 Å². The van der Waals surface area contributed by atoms with Crippen LogP contribution in [0.15, 0.2) is 0 Å². The van der Waals surface area contributed by atoms with Crippen LogP contribution in [-0.2, 0) is 4.79 Å². The smallest absolute Gasteiger partial charge is 0.321 e. The van der Waals surface area contributed by atoms with Crippen molar-refractivity contribution in [1.29, 1.82) is 0 Å². The highest BCUT2D eigenvalue weighted by molar-refractivity contribution is 5.95. The van der Waals surface area contributed by atoms with Gasteiger partial charge >= 0.3 is 6.03 Å². The average molecular weight is 309 g/mol. The SMILES string of the molecule is CN(CC(=O)NC(=O)NC1CCCCC1)C1CCCCCC1. The van der Waals surface area contributed by atoms with Crippen LogP contribution in [0.5, 0.6) is 0 Å². The van der Waals surface area contributed by atoms with Gasteiger partial charge in [0.25, 0.3) is 0 Å². The Kier molecular flexibility index (Phi) is 7.16. The molecule has 0 radical (unpaired) electrons. The van der Waals surface area contributed by atoms with E-state index in [9.17, 15) is 9.59 Å². The topological polar surface area (TPSA) is 61.4 Å². The Balaban J connectivity index is 1.68. The second-order valence-electron chi connectivity index (χ2n) is 6.92. The van der Waals surface area contributed by atoms with E-state index in [0.717, 1.165) is 25.7 Å². The number of likely N-dealkylation sites (N-methyl/N-ethyl adjacent to an activating group) is 1. The monoisotopic (exact) mass is 309 g/mol. The number of carbonyl (C=O) groups excluding carboxylic acids is 2. The number of hydrogen-bond donors (Lipinski definition) is 2. The van der Waals surface area contributed by atoms with E-state index in [-0.39, 0.29) is 18.0 Å². The lowest BCUT2D eigenvalue weighted by molar-refractivity contribution is -0.121. The van der Waals surface area contributed by atoms with Gasteiger partial charge in [-0.3, -0.25) is 15.0 Å². The summed E-state index contributed by atoms with van der Waals surface area (Å²) in [5.41, 5.74) is 0. The minimum atomic E-state index is -0.328. The molecule has 2 aliphatic carbocycles. The van der Waals surface area contributed by atoms with Gasteiger partial charge in [-0.1, -0.05) is 44.9 Å². The summed E-state index contributed by atoms with van der Waals surface area (Å²) in [6, 6.07) is 0.391. The second-order valence-corrected chi connectivity index (χ2v) is 6.92. The molecule has 0 atom stereocenters.